The summed E-state index contributed by atoms with van der Waals surface area (Å²) in [6, 6.07) is 17.2. The van der Waals surface area contributed by atoms with Crippen molar-refractivity contribution in [3.05, 3.63) is 94.1 Å². The van der Waals surface area contributed by atoms with Gasteiger partial charge in [0.25, 0.3) is 11.7 Å². The normalized spacial score (nSPS) is 17.2. The summed E-state index contributed by atoms with van der Waals surface area (Å²) in [5.74, 6) is -0.534. The molecule has 0 bridgehead atoms. The van der Waals surface area contributed by atoms with E-state index >= 15 is 0 Å². The molecule has 4 rings (SSSR count). The molecular formula is C28H27NO5. The monoisotopic (exact) mass is 457 g/mol. The lowest BCUT2D eigenvalue weighted by molar-refractivity contribution is -0.132. The molecule has 0 spiro atoms. The number of carbonyl (C=O) groups excluding carboxylic acids is 2. The van der Waals surface area contributed by atoms with Crippen LogP contribution in [0.2, 0.25) is 0 Å². The predicted octanol–water partition coefficient (Wildman–Crippen LogP) is 5.26. The zero-order chi connectivity index (χ0) is 24.6. The second kappa shape index (κ2) is 9.06. The number of nitrogens with zero attached hydrogens (tertiary/aromatic N) is 1. The molecule has 1 saturated heterocycles. The number of aliphatic hydroxyl groups excluding tert-OH is 1. The molecule has 1 amide bonds. The highest BCUT2D eigenvalue weighted by Gasteiger charge is 2.48. The first-order valence-corrected chi connectivity index (χ1v) is 10.9. The first kappa shape index (κ1) is 23.1. The van der Waals surface area contributed by atoms with E-state index in [-0.39, 0.29) is 11.3 Å². The van der Waals surface area contributed by atoms with E-state index < -0.39 is 17.7 Å². The van der Waals surface area contributed by atoms with Crippen LogP contribution < -0.4 is 14.4 Å². The number of ether oxygens (including phenoxy) is 2. The Morgan fingerprint density at radius 1 is 0.882 bits per heavy atom. The molecule has 1 fully saturated rings. The third-order valence-corrected chi connectivity index (χ3v) is 6.18. The molecule has 0 saturated carbocycles. The van der Waals surface area contributed by atoms with Crippen LogP contribution in [0.5, 0.6) is 11.5 Å². The highest BCUT2D eigenvalue weighted by Crippen LogP contribution is 2.46. The summed E-state index contributed by atoms with van der Waals surface area (Å²) in [4.78, 5) is 28.3. The van der Waals surface area contributed by atoms with Gasteiger partial charge in [0.1, 0.15) is 17.3 Å². The molecule has 0 aromatic heterocycles. The van der Waals surface area contributed by atoms with Crippen LogP contribution in [-0.4, -0.2) is 31.0 Å². The van der Waals surface area contributed by atoms with Gasteiger partial charge in [-0.25, -0.2) is 0 Å². The number of aliphatic hydroxyl groups is 1. The summed E-state index contributed by atoms with van der Waals surface area (Å²) >= 11 is 0. The van der Waals surface area contributed by atoms with E-state index in [1.807, 2.05) is 51.1 Å². The summed E-state index contributed by atoms with van der Waals surface area (Å²) < 4.78 is 10.8. The Hall–Kier alpha value is -4.06. The number of anilines is 1. The van der Waals surface area contributed by atoms with Gasteiger partial charge in [-0.2, -0.15) is 0 Å². The number of hydrogen-bond donors (Lipinski definition) is 1. The predicted molar refractivity (Wildman–Crippen MR) is 131 cm³/mol. The zero-order valence-corrected chi connectivity index (χ0v) is 19.9. The van der Waals surface area contributed by atoms with Gasteiger partial charge in [0.15, 0.2) is 0 Å². The molecule has 0 aliphatic carbocycles. The molecule has 6 heteroatoms. The zero-order valence-electron chi connectivity index (χ0n) is 19.9. The molecule has 1 aliphatic heterocycles. The fourth-order valence-electron chi connectivity index (χ4n) is 4.52. The average Bonchev–Trinajstić information content (AvgIpc) is 3.08. The maximum atomic E-state index is 13.4. The van der Waals surface area contributed by atoms with E-state index in [1.54, 1.807) is 37.4 Å². The van der Waals surface area contributed by atoms with Gasteiger partial charge < -0.3 is 14.6 Å². The lowest BCUT2D eigenvalue weighted by Gasteiger charge is -2.28. The lowest BCUT2D eigenvalue weighted by atomic mass is 9.93. The van der Waals surface area contributed by atoms with Crippen LogP contribution in [-0.2, 0) is 9.59 Å². The van der Waals surface area contributed by atoms with Crippen molar-refractivity contribution in [3.63, 3.8) is 0 Å². The Bertz CT molecular complexity index is 1320. The van der Waals surface area contributed by atoms with Gasteiger partial charge >= 0.3 is 0 Å². The molecule has 1 unspecified atom stereocenters. The van der Waals surface area contributed by atoms with Crippen LogP contribution in [0.15, 0.2) is 66.2 Å². The molecule has 6 nitrogen and oxygen atoms in total. The Morgan fingerprint density at radius 2 is 1.62 bits per heavy atom. The fraction of sp³-hybridized carbons (Fsp3) is 0.214. The number of Topliss-reactive ketones (excluding diaryl/α,β-unsaturated/α-hetero) is 1. The van der Waals surface area contributed by atoms with Crippen LogP contribution in [0, 0.1) is 20.8 Å². The quantitative estimate of drug-likeness (QED) is 0.322. The Balaban J connectivity index is 2.01. The SMILES string of the molecule is COc1ccc(/C(O)=C2\C(=O)C(=O)N(c3ccc(C)cc3C)C2c2ccccc2OC)c(C)c1. The molecule has 1 N–H and O–H groups in total. The standard InChI is InChI=1S/C28H27NO5/c1-16-10-13-22(18(3)14-16)29-25(21-8-6-7-9-23(21)34-5)24(27(31)28(29)32)26(30)20-12-11-19(33-4)15-17(20)2/h6-15,25,30H,1-5H3/b26-24+. The highest BCUT2D eigenvalue weighted by molar-refractivity contribution is 6.51. The summed E-state index contributed by atoms with van der Waals surface area (Å²) in [5.41, 5.74) is 4.30. The van der Waals surface area contributed by atoms with Gasteiger partial charge in [0.05, 0.1) is 25.8 Å². The molecule has 1 heterocycles. The van der Waals surface area contributed by atoms with Crippen LogP contribution in [0.25, 0.3) is 5.76 Å². The fourth-order valence-corrected chi connectivity index (χ4v) is 4.52. The number of carbonyl (C=O) groups is 2. The van der Waals surface area contributed by atoms with Crippen molar-refractivity contribution in [2.24, 2.45) is 0 Å². The number of ketones is 1. The summed E-state index contributed by atoms with van der Waals surface area (Å²) in [6.07, 6.45) is 0. The van der Waals surface area contributed by atoms with Gasteiger partial charge in [0, 0.05) is 16.8 Å². The van der Waals surface area contributed by atoms with Crippen LogP contribution in [0.3, 0.4) is 0 Å². The topological polar surface area (TPSA) is 76.1 Å². The second-order valence-electron chi connectivity index (χ2n) is 8.38. The molecule has 0 radical (unpaired) electrons. The molecule has 174 valence electrons. The van der Waals surface area contributed by atoms with Gasteiger partial charge in [-0.1, -0.05) is 35.9 Å². The van der Waals surface area contributed by atoms with Crippen molar-refractivity contribution in [1.29, 1.82) is 0 Å². The minimum atomic E-state index is -0.862. The van der Waals surface area contributed by atoms with E-state index in [0.29, 0.717) is 33.9 Å². The first-order chi connectivity index (χ1) is 16.3. The molecule has 34 heavy (non-hydrogen) atoms. The highest BCUT2D eigenvalue weighted by atomic mass is 16.5. The Morgan fingerprint density at radius 3 is 2.26 bits per heavy atom. The van der Waals surface area contributed by atoms with Crippen molar-refractivity contribution in [3.8, 4) is 11.5 Å². The van der Waals surface area contributed by atoms with Crippen molar-refractivity contribution in [2.45, 2.75) is 26.8 Å². The maximum absolute atomic E-state index is 13.4. The molecule has 3 aromatic rings. The van der Waals surface area contributed by atoms with E-state index in [0.717, 1.165) is 11.1 Å². The molecule has 1 aliphatic rings. The smallest absolute Gasteiger partial charge is 0.300 e. The van der Waals surface area contributed by atoms with Crippen molar-refractivity contribution < 1.29 is 24.2 Å². The van der Waals surface area contributed by atoms with E-state index in [2.05, 4.69) is 0 Å². The molecular weight excluding hydrogens is 430 g/mol. The van der Waals surface area contributed by atoms with E-state index in [1.165, 1.54) is 12.0 Å². The Labute approximate surface area is 199 Å². The lowest BCUT2D eigenvalue weighted by Crippen LogP contribution is -2.30. The van der Waals surface area contributed by atoms with E-state index in [4.69, 9.17) is 9.47 Å². The number of para-hydroxylation sites is 1. The number of methoxy groups -OCH3 is 2. The number of rotatable bonds is 5. The molecule has 1 atom stereocenters. The average molecular weight is 458 g/mol. The molecule has 3 aromatic carbocycles. The van der Waals surface area contributed by atoms with Crippen LogP contribution in [0.1, 0.15) is 33.9 Å². The summed E-state index contributed by atoms with van der Waals surface area (Å²) in [5, 5.41) is 11.4. The number of aryl methyl sites for hydroxylation is 3. The maximum Gasteiger partial charge on any atom is 0.300 e. The number of benzene rings is 3. The summed E-state index contributed by atoms with van der Waals surface area (Å²) in [6.45, 7) is 5.68. The van der Waals surface area contributed by atoms with Crippen LogP contribution in [0.4, 0.5) is 5.69 Å². The largest absolute Gasteiger partial charge is 0.507 e. The minimum Gasteiger partial charge on any atom is -0.507 e. The van der Waals surface area contributed by atoms with Gasteiger partial charge in [0.2, 0.25) is 0 Å². The second-order valence-corrected chi connectivity index (χ2v) is 8.38. The Kier molecular flexibility index (Phi) is 6.16. The van der Waals surface area contributed by atoms with Gasteiger partial charge in [-0.3, -0.25) is 14.5 Å². The van der Waals surface area contributed by atoms with Crippen molar-refractivity contribution in [1.82, 2.24) is 0 Å². The van der Waals surface area contributed by atoms with Gasteiger partial charge in [-0.15, -0.1) is 0 Å². The first-order valence-electron chi connectivity index (χ1n) is 10.9. The third-order valence-electron chi connectivity index (χ3n) is 6.18. The van der Waals surface area contributed by atoms with Gasteiger partial charge in [-0.05, 0) is 62.2 Å². The number of amides is 1. The summed E-state index contributed by atoms with van der Waals surface area (Å²) in [7, 11) is 3.10. The third kappa shape index (κ3) is 3.81. The van der Waals surface area contributed by atoms with Crippen molar-refractivity contribution in [2.75, 3.05) is 19.1 Å². The minimum absolute atomic E-state index is 0.0164. The number of hydrogen-bond acceptors (Lipinski definition) is 5. The van der Waals surface area contributed by atoms with Crippen LogP contribution >= 0.6 is 0 Å². The van der Waals surface area contributed by atoms with E-state index in [9.17, 15) is 14.7 Å². The van der Waals surface area contributed by atoms with Crippen molar-refractivity contribution >= 4 is 23.1 Å².